The Morgan fingerprint density at radius 3 is 2.77 bits per heavy atom. The lowest BCUT2D eigenvalue weighted by atomic mass is 10.2. The van der Waals surface area contributed by atoms with Crippen molar-refractivity contribution in [3.63, 3.8) is 0 Å². The molecule has 0 spiro atoms. The van der Waals surface area contributed by atoms with Gasteiger partial charge in [-0.25, -0.2) is 18.1 Å². The van der Waals surface area contributed by atoms with Crippen molar-refractivity contribution in [3.8, 4) is 6.07 Å². The van der Waals surface area contributed by atoms with E-state index in [9.17, 15) is 8.42 Å². The summed E-state index contributed by atoms with van der Waals surface area (Å²) in [5, 5.41) is 12.1. The molecule has 26 heavy (non-hydrogen) atoms. The largest absolute Gasteiger partial charge is 0.377 e. The average molecular weight is 372 g/mol. The molecule has 0 aliphatic carbocycles. The molecule has 1 aliphatic rings. The van der Waals surface area contributed by atoms with E-state index in [2.05, 4.69) is 21.1 Å². The third-order valence-corrected chi connectivity index (χ3v) is 5.59. The molecule has 1 aromatic carbocycles. The van der Waals surface area contributed by atoms with Gasteiger partial charge in [0, 0.05) is 25.9 Å². The van der Waals surface area contributed by atoms with E-state index >= 15 is 0 Å². The van der Waals surface area contributed by atoms with E-state index < -0.39 is 10.0 Å². The van der Waals surface area contributed by atoms with E-state index in [1.165, 1.54) is 0 Å². The minimum Gasteiger partial charge on any atom is -0.377 e. The molecule has 0 unspecified atom stereocenters. The molecule has 1 aromatic heterocycles. The van der Waals surface area contributed by atoms with Gasteiger partial charge < -0.3 is 10.1 Å². The molecule has 0 bridgehead atoms. The number of rotatable bonds is 7. The summed E-state index contributed by atoms with van der Waals surface area (Å²) in [6.45, 7) is 1.43. The Bertz CT molecular complexity index is 885. The Hall–Kier alpha value is -2.47. The molecule has 1 fully saturated rings. The zero-order chi connectivity index (χ0) is 18.4. The maximum Gasteiger partial charge on any atom is 0.240 e. The van der Waals surface area contributed by atoms with E-state index in [1.807, 2.05) is 0 Å². The summed E-state index contributed by atoms with van der Waals surface area (Å²) >= 11 is 0. The molecule has 2 N–H and O–H groups in total. The second-order valence-electron chi connectivity index (χ2n) is 6.00. The maximum atomic E-state index is 12.3. The number of sulfonamides is 1. The predicted molar refractivity (Wildman–Crippen MR) is 96.9 cm³/mol. The highest BCUT2D eigenvalue weighted by atomic mass is 32.2. The van der Waals surface area contributed by atoms with E-state index in [1.54, 1.807) is 42.6 Å². The van der Waals surface area contributed by atoms with Gasteiger partial charge in [-0.2, -0.15) is 5.26 Å². The van der Waals surface area contributed by atoms with Crippen molar-refractivity contribution in [3.05, 3.63) is 53.7 Å². The number of aromatic nitrogens is 1. The summed E-state index contributed by atoms with van der Waals surface area (Å²) in [6.07, 6.45) is 3.42. The van der Waals surface area contributed by atoms with Crippen LogP contribution in [0.15, 0.2) is 47.5 Å². The van der Waals surface area contributed by atoms with Crippen molar-refractivity contribution < 1.29 is 13.2 Å². The number of nitrogens with one attached hydrogen (secondary N) is 2. The van der Waals surface area contributed by atoms with Crippen molar-refractivity contribution in [2.24, 2.45) is 0 Å². The normalized spacial score (nSPS) is 17.0. The van der Waals surface area contributed by atoms with Crippen molar-refractivity contribution in [1.29, 1.82) is 5.26 Å². The summed E-state index contributed by atoms with van der Waals surface area (Å²) < 4.78 is 32.7. The lowest BCUT2D eigenvalue weighted by Crippen LogP contribution is -2.31. The number of benzene rings is 1. The molecule has 8 heteroatoms. The molecule has 1 saturated heterocycles. The number of pyridine rings is 1. The van der Waals surface area contributed by atoms with Crippen molar-refractivity contribution >= 4 is 15.8 Å². The average Bonchev–Trinajstić information content (AvgIpc) is 3.19. The van der Waals surface area contributed by atoms with Crippen molar-refractivity contribution in [2.75, 3.05) is 18.5 Å². The Balaban J connectivity index is 1.59. The number of hydrogen-bond acceptors (Lipinski definition) is 6. The second kappa shape index (κ2) is 8.27. The molecular weight excluding hydrogens is 352 g/mol. The summed E-state index contributed by atoms with van der Waals surface area (Å²) in [4.78, 5) is 4.35. The van der Waals surface area contributed by atoms with Crippen LogP contribution < -0.4 is 10.0 Å². The third-order valence-electron chi connectivity index (χ3n) is 4.15. The highest BCUT2D eigenvalue weighted by molar-refractivity contribution is 7.89. The molecule has 7 nitrogen and oxygen atoms in total. The van der Waals surface area contributed by atoms with Crippen molar-refractivity contribution in [1.82, 2.24) is 9.71 Å². The van der Waals surface area contributed by atoms with Crippen LogP contribution in [0, 0.1) is 11.3 Å². The standard InChI is InChI=1S/C18H20N4O3S/c19-11-15-3-1-9-20-18(15)21-12-14-5-7-17(8-6-14)26(23,24)22-13-16-4-2-10-25-16/h1,3,5-9,16,22H,2,4,10,12-13H2,(H,20,21)/t16-/m1/s1. The van der Waals surface area contributed by atoms with Crippen LogP contribution in [0.1, 0.15) is 24.0 Å². The van der Waals surface area contributed by atoms with Gasteiger partial charge in [-0.15, -0.1) is 0 Å². The Kier molecular flexibility index (Phi) is 5.83. The molecule has 3 rings (SSSR count). The first-order chi connectivity index (χ1) is 12.6. The molecule has 0 radical (unpaired) electrons. The Morgan fingerprint density at radius 1 is 1.27 bits per heavy atom. The Morgan fingerprint density at radius 2 is 2.08 bits per heavy atom. The van der Waals surface area contributed by atoms with E-state index in [4.69, 9.17) is 10.00 Å². The lowest BCUT2D eigenvalue weighted by Gasteiger charge is -2.12. The number of anilines is 1. The van der Waals surface area contributed by atoms with E-state index in [-0.39, 0.29) is 11.0 Å². The van der Waals surface area contributed by atoms with Gasteiger partial charge in [0.1, 0.15) is 11.9 Å². The van der Waals surface area contributed by atoms with Crippen LogP contribution in [0.4, 0.5) is 5.82 Å². The molecule has 2 aromatic rings. The van der Waals surface area contributed by atoms with Gasteiger partial charge >= 0.3 is 0 Å². The summed E-state index contributed by atoms with van der Waals surface area (Å²) in [5.41, 5.74) is 1.35. The molecular formula is C18H20N4O3S. The highest BCUT2D eigenvalue weighted by Gasteiger charge is 2.20. The second-order valence-corrected chi connectivity index (χ2v) is 7.76. The van der Waals surface area contributed by atoms with Crippen LogP contribution in [-0.4, -0.2) is 32.7 Å². The fraction of sp³-hybridized carbons (Fsp3) is 0.333. The Labute approximate surface area is 153 Å². The van der Waals surface area contributed by atoms with Crippen LogP contribution in [-0.2, 0) is 21.3 Å². The predicted octanol–water partition coefficient (Wildman–Crippen LogP) is 2.02. The smallest absolute Gasteiger partial charge is 0.240 e. The lowest BCUT2D eigenvalue weighted by molar-refractivity contribution is 0.114. The summed E-state index contributed by atoms with van der Waals surface area (Å²) in [5.74, 6) is 0.505. The SMILES string of the molecule is N#Cc1cccnc1NCc1ccc(S(=O)(=O)NC[C@H]2CCCO2)cc1. The molecule has 2 heterocycles. The molecule has 0 amide bonds. The first kappa shape index (κ1) is 18.3. The van der Waals surface area contributed by atoms with Gasteiger partial charge in [-0.05, 0) is 42.7 Å². The third kappa shape index (κ3) is 4.58. The van der Waals surface area contributed by atoms with Crippen molar-refractivity contribution in [2.45, 2.75) is 30.4 Å². The fourth-order valence-corrected chi connectivity index (χ4v) is 3.77. The van der Waals surface area contributed by atoms with Gasteiger partial charge in [0.05, 0.1) is 16.6 Å². The van der Waals surface area contributed by atoms with Crippen LogP contribution in [0.5, 0.6) is 0 Å². The first-order valence-corrected chi connectivity index (χ1v) is 9.86. The van der Waals surface area contributed by atoms with Gasteiger partial charge in [-0.3, -0.25) is 0 Å². The van der Waals surface area contributed by atoms with Gasteiger partial charge in [0.25, 0.3) is 0 Å². The van der Waals surface area contributed by atoms with Gasteiger partial charge in [0.15, 0.2) is 0 Å². The zero-order valence-corrected chi connectivity index (χ0v) is 15.0. The first-order valence-electron chi connectivity index (χ1n) is 8.38. The summed E-state index contributed by atoms with van der Waals surface area (Å²) in [7, 11) is -3.55. The zero-order valence-electron chi connectivity index (χ0n) is 14.2. The van der Waals surface area contributed by atoms with Crippen LogP contribution in [0.25, 0.3) is 0 Å². The van der Waals surface area contributed by atoms with E-state index in [0.717, 1.165) is 18.4 Å². The fourth-order valence-electron chi connectivity index (χ4n) is 2.70. The number of nitriles is 1. The van der Waals surface area contributed by atoms with E-state index in [0.29, 0.717) is 31.1 Å². The van der Waals surface area contributed by atoms with Crippen LogP contribution in [0.2, 0.25) is 0 Å². The topological polar surface area (TPSA) is 104 Å². The molecule has 136 valence electrons. The number of hydrogen-bond donors (Lipinski definition) is 2. The number of ether oxygens (including phenoxy) is 1. The van der Waals surface area contributed by atoms with Crippen LogP contribution in [0.3, 0.4) is 0 Å². The quantitative estimate of drug-likeness (QED) is 0.771. The molecule has 1 aliphatic heterocycles. The molecule has 1 atom stereocenters. The van der Waals surface area contributed by atoms with Gasteiger partial charge in [0.2, 0.25) is 10.0 Å². The monoisotopic (exact) mass is 372 g/mol. The number of nitrogens with zero attached hydrogens (tertiary/aromatic N) is 2. The highest BCUT2D eigenvalue weighted by Crippen LogP contribution is 2.15. The minimum atomic E-state index is -3.55. The minimum absolute atomic E-state index is 0.0408. The summed E-state index contributed by atoms with van der Waals surface area (Å²) in [6, 6.07) is 12.1. The van der Waals surface area contributed by atoms with Crippen LogP contribution >= 0.6 is 0 Å². The molecule has 0 saturated carbocycles. The van der Waals surface area contributed by atoms with Gasteiger partial charge in [-0.1, -0.05) is 12.1 Å². The maximum absolute atomic E-state index is 12.3.